The van der Waals surface area contributed by atoms with Crippen LogP contribution in [0.4, 0.5) is 0 Å². The molecule has 1 amide bonds. The minimum Gasteiger partial charge on any atom is -0.347 e. The normalized spacial score (nSPS) is 10.9. The van der Waals surface area contributed by atoms with Gasteiger partial charge in [-0.3, -0.25) is 4.79 Å². The average Bonchev–Trinajstić information content (AvgIpc) is 2.65. The van der Waals surface area contributed by atoms with E-state index in [0.717, 1.165) is 17.1 Å². The fraction of sp³-hybridized carbons (Fsp3) is 0.556. The van der Waals surface area contributed by atoms with E-state index in [1.54, 1.807) is 11.3 Å². The van der Waals surface area contributed by atoms with E-state index in [-0.39, 0.29) is 43.3 Å². The number of aromatic nitrogens is 1. The molecule has 1 aromatic heterocycles. The summed E-state index contributed by atoms with van der Waals surface area (Å²) in [6, 6.07) is -0.0531. The molecule has 4 nitrogen and oxygen atoms in total. The van der Waals surface area contributed by atoms with Crippen LogP contribution in [0.15, 0.2) is 5.38 Å². The monoisotopic (exact) mass is 285 g/mol. The van der Waals surface area contributed by atoms with Gasteiger partial charge in [0, 0.05) is 5.38 Å². The van der Waals surface area contributed by atoms with Gasteiger partial charge in [-0.2, -0.15) is 0 Å². The molecule has 0 aliphatic rings. The average molecular weight is 286 g/mol. The molecule has 94 valence electrons. The molecule has 1 unspecified atom stereocenters. The number of carbonyl (C=O) groups is 1. The van der Waals surface area contributed by atoms with Gasteiger partial charge in [0.05, 0.1) is 23.3 Å². The number of hydrogen-bond acceptors (Lipinski definition) is 4. The summed E-state index contributed by atoms with van der Waals surface area (Å²) in [5.41, 5.74) is 6.11. The van der Waals surface area contributed by atoms with Crippen molar-refractivity contribution in [1.82, 2.24) is 10.3 Å². The minimum atomic E-state index is -0.149. The van der Waals surface area contributed by atoms with Crippen LogP contribution in [0.2, 0.25) is 0 Å². The summed E-state index contributed by atoms with van der Waals surface area (Å²) in [7, 11) is 0. The number of halogens is 2. The lowest BCUT2D eigenvalue weighted by atomic mass is 10.2. The molecule has 0 bridgehead atoms. The second-order valence-corrected chi connectivity index (χ2v) is 3.96. The largest absolute Gasteiger partial charge is 0.347 e. The second-order valence-electron chi connectivity index (χ2n) is 3.01. The summed E-state index contributed by atoms with van der Waals surface area (Å²) in [4.78, 5) is 15.4. The van der Waals surface area contributed by atoms with E-state index in [9.17, 15) is 4.79 Å². The van der Waals surface area contributed by atoms with Crippen molar-refractivity contribution in [3.63, 3.8) is 0 Å². The van der Waals surface area contributed by atoms with Crippen LogP contribution < -0.4 is 11.1 Å². The molecule has 0 aromatic carbocycles. The van der Waals surface area contributed by atoms with Crippen molar-refractivity contribution in [2.75, 3.05) is 6.54 Å². The van der Waals surface area contributed by atoms with Gasteiger partial charge in [0.25, 0.3) is 0 Å². The van der Waals surface area contributed by atoms with E-state index >= 15 is 0 Å². The van der Waals surface area contributed by atoms with Gasteiger partial charge in [-0.25, -0.2) is 4.98 Å². The number of thiazole rings is 1. The third-order valence-electron chi connectivity index (χ3n) is 1.88. The van der Waals surface area contributed by atoms with Gasteiger partial charge in [-0.1, -0.05) is 6.92 Å². The van der Waals surface area contributed by atoms with Crippen molar-refractivity contribution in [2.24, 2.45) is 5.73 Å². The molecular formula is C9H17Cl2N3OS. The van der Waals surface area contributed by atoms with E-state index in [4.69, 9.17) is 5.73 Å². The summed E-state index contributed by atoms with van der Waals surface area (Å²) >= 11 is 1.62. The molecule has 3 N–H and O–H groups in total. The number of nitrogens with one attached hydrogen (secondary N) is 1. The minimum absolute atomic E-state index is 0. The van der Waals surface area contributed by atoms with Crippen molar-refractivity contribution < 1.29 is 4.79 Å². The Morgan fingerprint density at radius 3 is 2.69 bits per heavy atom. The SMILES string of the molecule is CCc1nc(C(C)NC(=O)CN)cs1.Cl.Cl. The summed E-state index contributed by atoms with van der Waals surface area (Å²) in [5.74, 6) is -0.149. The van der Waals surface area contributed by atoms with E-state index in [2.05, 4.69) is 17.2 Å². The molecule has 1 aromatic rings. The molecule has 0 radical (unpaired) electrons. The van der Waals surface area contributed by atoms with Crippen LogP contribution in [0.1, 0.15) is 30.6 Å². The number of nitrogens with zero attached hydrogens (tertiary/aromatic N) is 1. The molecule has 1 atom stereocenters. The van der Waals surface area contributed by atoms with Crippen LogP contribution in [-0.2, 0) is 11.2 Å². The zero-order valence-corrected chi connectivity index (χ0v) is 11.7. The zero-order chi connectivity index (χ0) is 10.6. The standard InChI is InChI=1S/C9H15N3OS.2ClH/c1-3-9-12-7(5-14-9)6(2)11-8(13)4-10;;/h5-6H,3-4,10H2,1-2H3,(H,11,13);2*1H. The van der Waals surface area contributed by atoms with Crippen LogP contribution in [0.3, 0.4) is 0 Å². The first-order valence-corrected chi connectivity index (χ1v) is 5.49. The Morgan fingerprint density at radius 1 is 1.62 bits per heavy atom. The Morgan fingerprint density at radius 2 is 2.25 bits per heavy atom. The third-order valence-corrected chi connectivity index (χ3v) is 2.89. The summed E-state index contributed by atoms with van der Waals surface area (Å²) < 4.78 is 0. The predicted octanol–water partition coefficient (Wildman–Crippen LogP) is 1.68. The first-order valence-electron chi connectivity index (χ1n) is 4.61. The maximum Gasteiger partial charge on any atom is 0.234 e. The number of aryl methyl sites for hydroxylation is 1. The van der Waals surface area contributed by atoms with Crippen LogP contribution in [-0.4, -0.2) is 17.4 Å². The van der Waals surface area contributed by atoms with E-state index in [1.165, 1.54) is 0 Å². The van der Waals surface area contributed by atoms with Crippen molar-refractivity contribution >= 4 is 42.1 Å². The molecule has 0 spiro atoms. The molecule has 0 fully saturated rings. The molecular weight excluding hydrogens is 269 g/mol. The fourth-order valence-corrected chi connectivity index (χ4v) is 1.90. The molecule has 1 rings (SSSR count). The van der Waals surface area contributed by atoms with E-state index in [1.807, 2.05) is 12.3 Å². The van der Waals surface area contributed by atoms with Gasteiger partial charge < -0.3 is 11.1 Å². The number of carbonyl (C=O) groups excluding carboxylic acids is 1. The Labute approximate surface area is 112 Å². The summed E-state index contributed by atoms with van der Waals surface area (Å²) in [5, 5.41) is 5.83. The predicted molar refractivity (Wildman–Crippen MR) is 71.6 cm³/mol. The quantitative estimate of drug-likeness (QED) is 0.885. The van der Waals surface area contributed by atoms with Crippen molar-refractivity contribution in [3.05, 3.63) is 16.1 Å². The highest BCUT2D eigenvalue weighted by atomic mass is 35.5. The van der Waals surface area contributed by atoms with E-state index in [0.29, 0.717) is 0 Å². The van der Waals surface area contributed by atoms with Gasteiger partial charge in [0.15, 0.2) is 0 Å². The van der Waals surface area contributed by atoms with Gasteiger partial charge in [0.1, 0.15) is 0 Å². The van der Waals surface area contributed by atoms with Crippen molar-refractivity contribution in [1.29, 1.82) is 0 Å². The second kappa shape index (κ2) is 8.75. The highest BCUT2D eigenvalue weighted by molar-refractivity contribution is 7.09. The van der Waals surface area contributed by atoms with Crippen LogP contribution in [0, 0.1) is 0 Å². The molecule has 0 saturated carbocycles. The maximum absolute atomic E-state index is 11.0. The van der Waals surface area contributed by atoms with Crippen LogP contribution >= 0.6 is 36.2 Å². The van der Waals surface area contributed by atoms with Gasteiger partial charge in [-0.15, -0.1) is 36.2 Å². The van der Waals surface area contributed by atoms with Gasteiger partial charge >= 0.3 is 0 Å². The zero-order valence-electron chi connectivity index (χ0n) is 9.23. The molecule has 1 heterocycles. The Balaban J connectivity index is 0. The van der Waals surface area contributed by atoms with Crippen molar-refractivity contribution in [3.8, 4) is 0 Å². The van der Waals surface area contributed by atoms with Crippen molar-refractivity contribution in [2.45, 2.75) is 26.3 Å². The first kappa shape index (κ1) is 18.0. The molecule has 0 aliphatic carbocycles. The number of rotatable bonds is 4. The van der Waals surface area contributed by atoms with Gasteiger partial charge in [-0.05, 0) is 13.3 Å². The van der Waals surface area contributed by atoms with Crippen LogP contribution in [0.25, 0.3) is 0 Å². The maximum atomic E-state index is 11.0. The molecule has 0 saturated heterocycles. The number of amides is 1. The highest BCUT2D eigenvalue weighted by Crippen LogP contribution is 2.16. The fourth-order valence-electron chi connectivity index (χ4n) is 1.06. The Bertz CT molecular complexity index is 319. The lowest BCUT2D eigenvalue weighted by Crippen LogP contribution is -2.32. The summed E-state index contributed by atoms with van der Waals surface area (Å²) in [6.07, 6.45) is 0.933. The lowest BCUT2D eigenvalue weighted by Gasteiger charge is -2.09. The van der Waals surface area contributed by atoms with Crippen LogP contribution in [0.5, 0.6) is 0 Å². The smallest absolute Gasteiger partial charge is 0.234 e. The number of nitrogens with two attached hydrogens (primary N) is 1. The van der Waals surface area contributed by atoms with E-state index < -0.39 is 0 Å². The lowest BCUT2D eigenvalue weighted by molar-refractivity contribution is -0.120. The Kier molecular flexibility index (Phi) is 9.86. The highest BCUT2D eigenvalue weighted by Gasteiger charge is 2.11. The molecule has 7 heteroatoms. The molecule has 16 heavy (non-hydrogen) atoms. The molecule has 0 aliphatic heterocycles. The first-order chi connectivity index (χ1) is 6.67. The Hall–Kier alpha value is -0.360. The summed E-state index contributed by atoms with van der Waals surface area (Å²) in [6.45, 7) is 3.99. The third kappa shape index (κ3) is 5.12. The van der Waals surface area contributed by atoms with Gasteiger partial charge in [0.2, 0.25) is 5.91 Å². The topological polar surface area (TPSA) is 68.0 Å². The number of hydrogen-bond donors (Lipinski definition) is 2.